The van der Waals surface area contributed by atoms with Gasteiger partial charge in [0.15, 0.2) is 0 Å². The second-order valence-corrected chi connectivity index (χ2v) is 7.97. The van der Waals surface area contributed by atoms with Crippen LogP contribution in [0.1, 0.15) is 23.4 Å². The number of amides is 1. The van der Waals surface area contributed by atoms with E-state index >= 15 is 0 Å². The summed E-state index contributed by atoms with van der Waals surface area (Å²) in [5, 5.41) is 5.24. The molecule has 0 radical (unpaired) electrons. The molecule has 3 rings (SSSR count). The number of carbonyl (C=O) groups is 1. The van der Waals surface area contributed by atoms with E-state index in [0.717, 1.165) is 53.6 Å². The van der Waals surface area contributed by atoms with Crippen LogP contribution >= 0.6 is 27.5 Å². The molecule has 2 aromatic rings. The number of hydrogen-bond donors (Lipinski definition) is 0. The summed E-state index contributed by atoms with van der Waals surface area (Å²) in [6.45, 7) is 8.89. The fraction of sp³-hybridized carbons (Fsp3) is 0.474. The summed E-state index contributed by atoms with van der Waals surface area (Å²) in [5.74, 6) is 0.208. The zero-order valence-electron chi connectivity index (χ0n) is 15.2. The maximum Gasteiger partial charge on any atom is 0.224 e. The van der Waals surface area contributed by atoms with Crippen molar-refractivity contribution in [1.29, 1.82) is 0 Å². The topological polar surface area (TPSA) is 41.4 Å². The first-order valence-corrected chi connectivity index (χ1v) is 10.0. The highest BCUT2D eigenvalue weighted by atomic mass is 79.9. The van der Waals surface area contributed by atoms with E-state index in [-0.39, 0.29) is 5.91 Å². The second kappa shape index (κ2) is 8.55. The minimum absolute atomic E-state index is 0.208. The van der Waals surface area contributed by atoms with E-state index in [4.69, 9.17) is 11.6 Å². The van der Waals surface area contributed by atoms with Gasteiger partial charge >= 0.3 is 0 Å². The molecule has 1 aliphatic heterocycles. The number of halogens is 2. The van der Waals surface area contributed by atoms with Gasteiger partial charge in [-0.3, -0.25) is 14.4 Å². The van der Waals surface area contributed by atoms with Gasteiger partial charge in [-0.15, -0.1) is 0 Å². The number of carbonyl (C=O) groups excluding carboxylic acids is 1. The first-order valence-electron chi connectivity index (χ1n) is 8.88. The monoisotopic (exact) mass is 438 g/mol. The molecular formula is C19H24BrClN4O. The fourth-order valence-corrected chi connectivity index (χ4v) is 3.67. The Morgan fingerprint density at radius 3 is 2.38 bits per heavy atom. The molecule has 1 fully saturated rings. The maximum atomic E-state index is 12.5. The zero-order chi connectivity index (χ0) is 18.7. The number of piperazine rings is 1. The molecule has 5 nitrogen and oxygen atoms in total. The van der Waals surface area contributed by atoms with Gasteiger partial charge in [0.25, 0.3) is 0 Å². The van der Waals surface area contributed by atoms with E-state index < -0.39 is 0 Å². The third kappa shape index (κ3) is 4.67. The highest BCUT2D eigenvalue weighted by Gasteiger charge is 2.21. The molecule has 0 atom stereocenters. The van der Waals surface area contributed by atoms with Crippen molar-refractivity contribution in [3.63, 3.8) is 0 Å². The van der Waals surface area contributed by atoms with Crippen molar-refractivity contribution in [2.75, 3.05) is 26.2 Å². The predicted octanol–water partition coefficient (Wildman–Crippen LogP) is 3.65. The van der Waals surface area contributed by atoms with Crippen molar-refractivity contribution in [3.05, 3.63) is 50.7 Å². The number of rotatable bonds is 5. The molecule has 2 heterocycles. The van der Waals surface area contributed by atoms with Crippen molar-refractivity contribution in [2.45, 2.75) is 33.4 Å². The van der Waals surface area contributed by atoms with Gasteiger partial charge in [0, 0.05) is 49.9 Å². The van der Waals surface area contributed by atoms with Gasteiger partial charge in [-0.05, 0) is 47.5 Å². The van der Waals surface area contributed by atoms with Crippen LogP contribution in [-0.4, -0.2) is 51.7 Å². The lowest BCUT2D eigenvalue weighted by atomic mass is 10.2. The van der Waals surface area contributed by atoms with Crippen LogP contribution in [0.4, 0.5) is 0 Å². The molecule has 26 heavy (non-hydrogen) atoms. The third-order valence-corrected chi connectivity index (χ3v) is 6.27. The van der Waals surface area contributed by atoms with Crippen molar-refractivity contribution in [3.8, 4) is 0 Å². The summed E-state index contributed by atoms with van der Waals surface area (Å²) in [5.41, 5.74) is 3.29. The quantitative estimate of drug-likeness (QED) is 0.714. The van der Waals surface area contributed by atoms with Gasteiger partial charge < -0.3 is 4.90 Å². The van der Waals surface area contributed by atoms with E-state index in [0.29, 0.717) is 13.0 Å². The summed E-state index contributed by atoms with van der Waals surface area (Å²) in [6, 6.07) is 7.97. The van der Waals surface area contributed by atoms with Gasteiger partial charge in [-0.25, -0.2) is 0 Å². The summed E-state index contributed by atoms with van der Waals surface area (Å²) < 4.78 is 2.94. The first-order chi connectivity index (χ1) is 12.4. The van der Waals surface area contributed by atoms with E-state index in [1.54, 1.807) is 0 Å². The molecule has 7 heteroatoms. The van der Waals surface area contributed by atoms with Gasteiger partial charge in [-0.2, -0.15) is 5.10 Å². The minimum Gasteiger partial charge on any atom is -0.340 e. The Labute approximate surface area is 168 Å². The lowest BCUT2D eigenvalue weighted by Gasteiger charge is -2.34. The highest BCUT2D eigenvalue weighted by molar-refractivity contribution is 9.10. The molecule has 1 aromatic carbocycles. The molecule has 1 aliphatic rings. The Hall–Kier alpha value is -1.37. The van der Waals surface area contributed by atoms with Crippen molar-refractivity contribution in [2.24, 2.45) is 0 Å². The molecule has 0 saturated carbocycles. The molecule has 0 N–H and O–H groups in total. The van der Waals surface area contributed by atoms with E-state index in [1.807, 2.05) is 35.6 Å². The summed E-state index contributed by atoms with van der Waals surface area (Å²) >= 11 is 9.47. The average molecular weight is 440 g/mol. The molecule has 0 spiro atoms. The average Bonchev–Trinajstić information content (AvgIpc) is 2.89. The molecule has 1 amide bonds. The Bertz CT molecular complexity index is 767. The van der Waals surface area contributed by atoms with Gasteiger partial charge in [-0.1, -0.05) is 23.7 Å². The molecule has 1 saturated heterocycles. The zero-order valence-corrected chi connectivity index (χ0v) is 17.6. The Balaban J connectivity index is 1.46. The Kier molecular flexibility index (Phi) is 6.37. The predicted molar refractivity (Wildman–Crippen MR) is 107 cm³/mol. The summed E-state index contributed by atoms with van der Waals surface area (Å²) in [7, 11) is 0. The van der Waals surface area contributed by atoms with Crippen LogP contribution in [0.25, 0.3) is 0 Å². The van der Waals surface area contributed by atoms with Gasteiger partial charge in [0.2, 0.25) is 5.91 Å². The molecule has 140 valence electrons. The molecule has 0 aliphatic carbocycles. The van der Waals surface area contributed by atoms with Crippen LogP contribution in [-0.2, 0) is 17.9 Å². The fourth-order valence-electron chi connectivity index (χ4n) is 3.26. The number of aryl methyl sites for hydroxylation is 2. The second-order valence-electron chi connectivity index (χ2n) is 6.74. The van der Waals surface area contributed by atoms with Crippen molar-refractivity contribution < 1.29 is 4.79 Å². The Morgan fingerprint density at radius 1 is 1.15 bits per heavy atom. The number of aromatic nitrogens is 2. The normalized spacial score (nSPS) is 15.5. The lowest BCUT2D eigenvalue weighted by molar-refractivity contribution is -0.133. The largest absolute Gasteiger partial charge is 0.340 e. The summed E-state index contributed by atoms with van der Waals surface area (Å²) in [4.78, 5) is 16.9. The van der Waals surface area contributed by atoms with E-state index in [2.05, 4.69) is 38.1 Å². The third-order valence-electron chi connectivity index (χ3n) is 4.88. The minimum atomic E-state index is 0.208. The van der Waals surface area contributed by atoms with E-state index in [1.165, 1.54) is 5.56 Å². The van der Waals surface area contributed by atoms with Crippen LogP contribution in [0.5, 0.6) is 0 Å². The molecule has 0 bridgehead atoms. The SMILES string of the molecule is Cc1nn(CCC(=O)N2CCN(Cc3ccc(Cl)cc3)CC2)c(C)c1Br. The number of benzene rings is 1. The smallest absolute Gasteiger partial charge is 0.224 e. The van der Waals surface area contributed by atoms with Crippen LogP contribution in [0.3, 0.4) is 0 Å². The molecular weight excluding hydrogens is 416 g/mol. The first kappa shape index (κ1) is 19.4. The van der Waals surface area contributed by atoms with Crippen LogP contribution in [0, 0.1) is 13.8 Å². The number of nitrogens with zero attached hydrogens (tertiary/aromatic N) is 4. The van der Waals surface area contributed by atoms with Gasteiger partial charge in [0.1, 0.15) is 0 Å². The molecule has 0 unspecified atom stereocenters. The van der Waals surface area contributed by atoms with Crippen LogP contribution in [0.2, 0.25) is 5.02 Å². The van der Waals surface area contributed by atoms with Gasteiger partial charge in [0.05, 0.1) is 16.7 Å². The maximum absolute atomic E-state index is 12.5. The standard InChI is InChI=1S/C19H24BrClN4O/c1-14-19(20)15(2)25(22-14)8-7-18(26)24-11-9-23(10-12-24)13-16-3-5-17(21)6-4-16/h3-6H,7-13H2,1-2H3. The number of hydrogen-bond acceptors (Lipinski definition) is 3. The highest BCUT2D eigenvalue weighted by Crippen LogP contribution is 2.20. The van der Waals surface area contributed by atoms with Crippen molar-refractivity contribution >= 4 is 33.4 Å². The molecule has 1 aromatic heterocycles. The van der Waals surface area contributed by atoms with Crippen molar-refractivity contribution in [1.82, 2.24) is 19.6 Å². The van der Waals surface area contributed by atoms with Crippen LogP contribution in [0.15, 0.2) is 28.7 Å². The summed E-state index contributed by atoms with van der Waals surface area (Å²) in [6.07, 6.45) is 0.492. The lowest BCUT2D eigenvalue weighted by Crippen LogP contribution is -2.48. The van der Waals surface area contributed by atoms with E-state index in [9.17, 15) is 4.79 Å². The Morgan fingerprint density at radius 2 is 1.81 bits per heavy atom. The van der Waals surface area contributed by atoms with Crippen LogP contribution < -0.4 is 0 Å².